The topological polar surface area (TPSA) is 61.4 Å². The fourth-order valence-electron chi connectivity index (χ4n) is 2.16. The molecule has 0 unspecified atom stereocenters. The molecule has 9 heteroatoms. The van der Waals surface area contributed by atoms with E-state index in [1.807, 2.05) is 20.8 Å². The second-order valence-electron chi connectivity index (χ2n) is 6.84. The molecule has 26 heavy (non-hydrogen) atoms. The Balaban J connectivity index is 2.71. The van der Waals surface area contributed by atoms with Crippen LogP contribution in [0.3, 0.4) is 0 Å². The first kappa shape index (κ1) is 22.2. The summed E-state index contributed by atoms with van der Waals surface area (Å²) in [4.78, 5) is 25.6. The molecule has 2 N–H and O–H groups in total. The predicted octanol–water partition coefficient (Wildman–Crippen LogP) is 3.53. The predicted molar refractivity (Wildman–Crippen MR) is 95.1 cm³/mol. The van der Waals surface area contributed by atoms with E-state index in [0.717, 1.165) is 12.1 Å². The summed E-state index contributed by atoms with van der Waals surface area (Å²) in [5.41, 5.74) is -1.42. The lowest BCUT2D eigenvalue weighted by atomic mass is 10.1. The standard InChI is InChI=1S/C17H23ClF3N3O2/c1-5-24(10-15(26)23-16(2,3)4)9-14(25)22-11-6-7-13(18)12(8-11)17(19,20)21/h6-8H,5,9-10H2,1-4H3,(H,22,25)(H,23,26). The minimum Gasteiger partial charge on any atom is -0.350 e. The smallest absolute Gasteiger partial charge is 0.350 e. The summed E-state index contributed by atoms with van der Waals surface area (Å²) in [7, 11) is 0. The fourth-order valence-corrected chi connectivity index (χ4v) is 2.39. The summed E-state index contributed by atoms with van der Waals surface area (Å²) in [6.07, 6.45) is -4.61. The van der Waals surface area contributed by atoms with Crippen molar-refractivity contribution < 1.29 is 22.8 Å². The van der Waals surface area contributed by atoms with Gasteiger partial charge in [0.2, 0.25) is 11.8 Å². The van der Waals surface area contributed by atoms with Gasteiger partial charge < -0.3 is 10.6 Å². The van der Waals surface area contributed by atoms with E-state index in [1.165, 1.54) is 6.07 Å². The third-order valence-corrected chi connectivity index (χ3v) is 3.58. The van der Waals surface area contributed by atoms with Gasteiger partial charge in [0.15, 0.2) is 0 Å². The first-order valence-corrected chi connectivity index (χ1v) is 8.39. The number of nitrogens with zero attached hydrogens (tertiary/aromatic N) is 1. The highest BCUT2D eigenvalue weighted by Gasteiger charge is 2.33. The van der Waals surface area contributed by atoms with Gasteiger partial charge in [0.05, 0.1) is 23.7 Å². The normalized spacial score (nSPS) is 12.2. The summed E-state index contributed by atoms with van der Waals surface area (Å²) in [6, 6.07) is 3.15. The molecular weight excluding hydrogens is 371 g/mol. The van der Waals surface area contributed by atoms with E-state index in [-0.39, 0.29) is 24.7 Å². The summed E-state index contributed by atoms with van der Waals surface area (Å²) in [5, 5.41) is 4.74. The minimum absolute atomic E-state index is 0.00953. The third kappa shape index (κ3) is 7.61. The van der Waals surface area contributed by atoms with Crippen molar-refractivity contribution in [3.8, 4) is 0 Å². The Bertz CT molecular complexity index is 658. The van der Waals surface area contributed by atoms with Crippen LogP contribution >= 0.6 is 11.6 Å². The molecule has 1 aromatic carbocycles. The average molecular weight is 394 g/mol. The number of alkyl halides is 3. The molecule has 0 aliphatic carbocycles. The lowest BCUT2D eigenvalue weighted by Crippen LogP contribution is -2.47. The first-order chi connectivity index (χ1) is 11.8. The van der Waals surface area contributed by atoms with Crippen molar-refractivity contribution in [2.75, 3.05) is 25.0 Å². The first-order valence-electron chi connectivity index (χ1n) is 8.02. The summed E-state index contributed by atoms with van der Waals surface area (Å²) in [5.74, 6) is -0.760. The number of carbonyl (C=O) groups excluding carboxylic acids is 2. The number of amides is 2. The summed E-state index contributed by atoms with van der Waals surface area (Å²) in [6.45, 7) is 7.61. The van der Waals surface area contributed by atoms with Crippen LogP contribution in [0, 0.1) is 0 Å². The van der Waals surface area contributed by atoms with Crippen LogP contribution in [-0.4, -0.2) is 41.9 Å². The molecule has 5 nitrogen and oxygen atoms in total. The van der Waals surface area contributed by atoms with E-state index in [2.05, 4.69) is 10.6 Å². The zero-order valence-electron chi connectivity index (χ0n) is 15.1. The monoisotopic (exact) mass is 393 g/mol. The maximum Gasteiger partial charge on any atom is 0.417 e. The largest absolute Gasteiger partial charge is 0.417 e. The van der Waals surface area contributed by atoms with Crippen LogP contribution in [0.5, 0.6) is 0 Å². The quantitative estimate of drug-likeness (QED) is 0.777. The molecule has 2 amide bonds. The molecule has 0 saturated heterocycles. The van der Waals surface area contributed by atoms with E-state index in [9.17, 15) is 22.8 Å². The van der Waals surface area contributed by atoms with E-state index in [0.29, 0.717) is 6.54 Å². The molecule has 0 bridgehead atoms. The number of benzene rings is 1. The maximum absolute atomic E-state index is 12.9. The van der Waals surface area contributed by atoms with Gasteiger partial charge in [-0.15, -0.1) is 0 Å². The molecule has 1 rings (SSSR count). The molecule has 0 atom stereocenters. The average Bonchev–Trinajstić information content (AvgIpc) is 2.45. The van der Waals surface area contributed by atoms with Crippen LogP contribution < -0.4 is 10.6 Å². The molecule has 0 spiro atoms. The number of carbonyl (C=O) groups is 2. The Morgan fingerprint density at radius 3 is 2.19 bits per heavy atom. The van der Waals surface area contributed by atoms with Crippen LogP contribution in [0.2, 0.25) is 5.02 Å². The van der Waals surface area contributed by atoms with Crippen LogP contribution in [0.25, 0.3) is 0 Å². The highest BCUT2D eigenvalue weighted by atomic mass is 35.5. The molecule has 0 heterocycles. The lowest BCUT2D eigenvalue weighted by Gasteiger charge is -2.24. The van der Waals surface area contributed by atoms with Gasteiger partial charge in [0.25, 0.3) is 0 Å². The van der Waals surface area contributed by atoms with E-state index in [4.69, 9.17) is 11.6 Å². The Kier molecular flexibility index (Phi) is 7.46. The molecule has 0 aliphatic rings. The Labute approximate surface area is 155 Å². The van der Waals surface area contributed by atoms with Crippen LogP contribution in [0.1, 0.15) is 33.3 Å². The van der Waals surface area contributed by atoms with Crippen LogP contribution in [0.15, 0.2) is 18.2 Å². The van der Waals surface area contributed by atoms with Gasteiger partial charge in [0.1, 0.15) is 0 Å². The van der Waals surface area contributed by atoms with Crippen molar-refractivity contribution in [1.82, 2.24) is 10.2 Å². The highest BCUT2D eigenvalue weighted by molar-refractivity contribution is 6.31. The van der Waals surface area contributed by atoms with Gasteiger partial charge in [-0.2, -0.15) is 13.2 Å². The number of hydrogen-bond donors (Lipinski definition) is 2. The van der Waals surface area contributed by atoms with Gasteiger partial charge >= 0.3 is 6.18 Å². The van der Waals surface area contributed by atoms with Gasteiger partial charge in [0, 0.05) is 11.2 Å². The SMILES string of the molecule is CCN(CC(=O)Nc1ccc(Cl)c(C(F)(F)F)c1)CC(=O)NC(C)(C)C. The Hall–Kier alpha value is -1.80. The van der Waals surface area contributed by atoms with Crippen LogP contribution in [-0.2, 0) is 15.8 Å². The van der Waals surface area contributed by atoms with Crippen molar-refractivity contribution in [3.05, 3.63) is 28.8 Å². The number of halogens is 4. The summed E-state index contributed by atoms with van der Waals surface area (Å²) >= 11 is 5.55. The van der Waals surface area contributed by atoms with E-state index >= 15 is 0 Å². The van der Waals surface area contributed by atoms with Gasteiger partial charge in [-0.05, 0) is 45.5 Å². The number of likely N-dealkylation sites (N-methyl/N-ethyl adjacent to an activating group) is 1. The lowest BCUT2D eigenvalue weighted by molar-refractivity contribution is -0.137. The molecule has 0 radical (unpaired) electrons. The van der Waals surface area contributed by atoms with Crippen LogP contribution in [0.4, 0.5) is 18.9 Å². The molecule has 0 aromatic heterocycles. The molecular formula is C17H23ClF3N3O2. The molecule has 0 saturated carbocycles. The van der Waals surface area contributed by atoms with Gasteiger partial charge in [-0.1, -0.05) is 18.5 Å². The zero-order chi connectivity index (χ0) is 20.1. The number of rotatable bonds is 6. The van der Waals surface area contributed by atoms with Gasteiger partial charge in [-0.3, -0.25) is 14.5 Å². The van der Waals surface area contributed by atoms with Crippen molar-refractivity contribution in [3.63, 3.8) is 0 Å². The minimum atomic E-state index is -4.61. The zero-order valence-corrected chi connectivity index (χ0v) is 15.9. The van der Waals surface area contributed by atoms with E-state index in [1.54, 1.807) is 11.8 Å². The number of nitrogens with one attached hydrogen (secondary N) is 2. The number of hydrogen-bond acceptors (Lipinski definition) is 3. The third-order valence-electron chi connectivity index (χ3n) is 3.25. The van der Waals surface area contributed by atoms with Crippen molar-refractivity contribution in [1.29, 1.82) is 0 Å². The fraction of sp³-hybridized carbons (Fsp3) is 0.529. The molecule has 146 valence electrons. The van der Waals surface area contributed by atoms with E-state index < -0.39 is 28.2 Å². The second kappa shape index (κ2) is 8.73. The Morgan fingerprint density at radius 2 is 1.69 bits per heavy atom. The van der Waals surface area contributed by atoms with Crippen molar-refractivity contribution in [2.45, 2.75) is 39.4 Å². The molecule has 0 fully saturated rings. The highest BCUT2D eigenvalue weighted by Crippen LogP contribution is 2.36. The number of anilines is 1. The van der Waals surface area contributed by atoms with Gasteiger partial charge in [-0.25, -0.2) is 0 Å². The summed E-state index contributed by atoms with van der Waals surface area (Å²) < 4.78 is 38.6. The Morgan fingerprint density at radius 1 is 1.12 bits per heavy atom. The second-order valence-corrected chi connectivity index (χ2v) is 7.25. The molecule has 0 aliphatic heterocycles. The van der Waals surface area contributed by atoms with Crippen molar-refractivity contribution in [2.24, 2.45) is 0 Å². The molecule has 1 aromatic rings. The maximum atomic E-state index is 12.9. The van der Waals surface area contributed by atoms with Crippen molar-refractivity contribution >= 4 is 29.1 Å².